The molecule has 1 aromatic heterocycles. The van der Waals surface area contributed by atoms with Gasteiger partial charge < -0.3 is 14.5 Å². The van der Waals surface area contributed by atoms with E-state index in [0.29, 0.717) is 12.0 Å². The average molecular weight is 277 g/mol. The predicted octanol–water partition coefficient (Wildman–Crippen LogP) is 3.63. The van der Waals surface area contributed by atoms with E-state index < -0.39 is 0 Å². The van der Waals surface area contributed by atoms with Crippen molar-refractivity contribution in [1.82, 2.24) is 5.32 Å². The van der Waals surface area contributed by atoms with Gasteiger partial charge in [0.2, 0.25) is 0 Å². The van der Waals surface area contributed by atoms with Crippen molar-refractivity contribution in [1.29, 1.82) is 0 Å². The number of rotatable bonds is 6. The first kappa shape index (κ1) is 14.6. The first-order chi connectivity index (χ1) is 9.67. The molecule has 1 N–H and O–H groups in total. The molecule has 1 heterocycles. The first-order valence-corrected chi connectivity index (χ1v) is 6.76. The van der Waals surface area contributed by atoms with Gasteiger partial charge in [-0.05, 0) is 37.6 Å². The Balaban J connectivity index is 2.27. The topological polar surface area (TPSA) is 34.4 Å². The summed E-state index contributed by atoms with van der Waals surface area (Å²) < 4.78 is 24.6. The van der Waals surface area contributed by atoms with Gasteiger partial charge >= 0.3 is 0 Å². The van der Waals surface area contributed by atoms with Gasteiger partial charge in [-0.1, -0.05) is 19.1 Å². The molecule has 3 nitrogen and oxygen atoms in total. The summed E-state index contributed by atoms with van der Waals surface area (Å²) in [7, 11) is 1.48. The number of furan rings is 1. The Hall–Kier alpha value is -1.81. The third kappa shape index (κ3) is 3.02. The maximum atomic E-state index is 14.2. The number of hydrogen-bond donors (Lipinski definition) is 1. The fourth-order valence-electron chi connectivity index (χ4n) is 2.39. The number of likely N-dealkylation sites (N-methyl/N-ethyl adjacent to an activating group) is 1. The molecule has 0 radical (unpaired) electrons. The van der Waals surface area contributed by atoms with Gasteiger partial charge in [0.25, 0.3) is 0 Å². The molecule has 1 aromatic carbocycles. The number of nitrogens with one attached hydrogen (secondary N) is 1. The smallest absolute Gasteiger partial charge is 0.168 e. The number of aryl methyl sites for hydroxylation is 1. The Labute approximate surface area is 118 Å². The van der Waals surface area contributed by atoms with Crippen LogP contribution in [0.1, 0.15) is 29.9 Å². The van der Waals surface area contributed by atoms with Crippen LogP contribution in [0, 0.1) is 12.7 Å². The van der Waals surface area contributed by atoms with Crippen LogP contribution in [0.3, 0.4) is 0 Å². The molecule has 0 fully saturated rings. The van der Waals surface area contributed by atoms with Gasteiger partial charge in [0.15, 0.2) is 11.6 Å². The lowest BCUT2D eigenvalue weighted by molar-refractivity contribution is 0.382. The second-order valence-corrected chi connectivity index (χ2v) is 4.68. The lowest BCUT2D eigenvalue weighted by Gasteiger charge is -2.18. The van der Waals surface area contributed by atoms with E-state index in [0.717, 1.165) is 17.9 Å². The van der Waals surface area contributed by atoms with Crippen molar-refractivity contribution in [2.24, 2.45) is 0 Å². The van der Waals surface area contributed by atoms with E-state index in [2.05, 4.69) is 5.32 Å². The minimum Gasteiger partial charge on any atom is -0.494 e. The van der Waals surface area contributed by atoms with Gasteiger partial charge in [0.1, 0.15) is 5.76 Å². The Morgan fingerprint density at radius 3 is 2.75 bits per heavy atom. The molecular formula is C16H20FNO2. The number of halogens is 1. The Morgan fingerprint density at radius 2 is 2.15 bits per heavy atom. The standard InChI is InChI=1S/C16H20FNO2/c1-4-18-14(13-8-9-20-11(13)2)10-12-6-5-7-15(19-3)16(12)17/h5-9,14,18H,4,10H2,1-3H3. The van der Waals surface area contributed by atoms with Crippen molar-refractivity contribution < 1.29 is 13.5 Å². The monoisotopic (exact) mass is 277 g/mol. The fourth-order valence-corrected chi connectivity index (χ4v) is 2.39. The van der Waals surface area contributed by atoms with Crippen molar-refractivity contribution >= 4 is 0 Å². The van der Waals surface area contributed by atoms with Crippen LogP contribution in [0.2, 0.25) is 0 Å². The van der Waals surface area contributed by atoms with Crippen LogP contribution in [0.15, 0.2) is 34.9 Å². The second-order valence-electron chi connectivity index (χ2n) is 4.68. The van der Waals surface area contributed by atoms with Crippen molar-refractivity contribution in [2.45, 2.75) is 26.3 Å². The molecule has 0 bridgehead atoms. The SMILES string of the molecule is CCNC(Cc1cccc(OC)c1F)c1ccoc1C. The summed E-state index contributed by atoms with van der Waals surface area (Å²) in [5.41, 5.74) is 1.70. The summed E-state index contributed by atoms with van der Waals surface area (Å²) in [4.78, 5) is 0. The minimum absolute atomic E-state index is 0.0281. The van der Waals surface area contributed by atoms with E-state index in [1.807, 2.05) is 26.0 Å². The van der Waals surface area contributed by atoms with Gasteiger partial charge in [0, 0.05) is 11.6 Å². The van der Waals surface area contributed by atoms with Crippen LogP contribution in [0.4, 0.5) is 4.39 Å². The highest BCUT2D eigenvalue weighted by atomic mass is 19.1. The molecule has 0 aliphatic heterocycles. The molecule has 4 heteroatoms. The van der Waals surface area contributed by atoms with Crippen molar-refractivity contribution in [3.63, 3.8) is 0 Å². The van der Waals surface area contributed by atoms with E-state index in [4.69, 9.17) is 9.15 Å². The zero-order valence-corrected chi connectivity index (χ0v) is 12.1. The molecule has 0 amide bonds. The summed E-state index contributed by atoms with van der Waals surface area (Å²) in [6.45, 7) is 4.76. The highest BCUT2D eigenvalue weighted by Gasteiger charge is 2.18. The number of hydrogen-bond acceptors (Lipinski definition) is 3. The van der Waals surface area contributed by atoms with Gasteiger partial charge in [0.05, 0.1) is 13.4 Å². The molecule has 0 aliphatic carbocycles. The molecule has 0 aliphatic rings. The zero-order chi connectivity index (χ0) is 14.5. The normalized spacial score (nSPS) is 12.4. The van der Waals surface area contributed by atoms with Gasteiger partial charge in [-0.3, -0.25) is 0 Å². The highest BCUT2D eigenvalue weighted by Crippen LogP contribution is 2.27. The third-order valence-corrected chi connectivity index (χ3v) is 3.41. The summed E-state index contributed by atoms with van der Waals surface area (Å²) in [5.74, 6) is 0.847. The largest absolute Gasteiger partial charge is 0.494 e. The Bertz CT molecular complexity index is 565. The number of ether oxygens (including phenoxy) is 1. The molecular weight excluding hydrogens is 257 g/mol. The molecule has 108 valence electrons. The fraction of sp³-hybridized carbons (Fsp3) is 0.375. The highest BCUT2D eigenvalue weighted by molar-refractivity contribution is 5.33. The Kier molecular flexibility index (Phi) is 4.79. The first-order valence-electron chi connectivity index (χ1n) is 6.76. The number of methoxy groups -OCH3 is 1. The van der Waals surface area contributed by atoms with Gasteiger partial charge in [-0.2, -0.15) is 0 Å². The number of benzene rings is 1. The lowest BCUT2D eigenvalue weighted by atomic mass is 9.98. The minimum atomic E-state index is -0.293. The van der Waals surface area contributed by atoms with E-state index in [1.54, 1.807) is 18.4 Å². The van der Waals surface area contributed by atoms with E-state index >= 15 is 0 Å². The molecule has 1 unspecified atom stereocenters. The van der Waals surface area contributed by atoms with E-state index in [9.17, 15) is 4.39 Å². The molecule has 0 spiro atoms. The maximum absolute atomic E-state index is 14.2. The summed E-state index contributed by atoms with van der Waals surface area (Å²) in [6, 6.07) is 7.19. The second kappa shape index (κ2) is 6.57. The predicted molar refractivity (Wildman–Crippen MR) is 76.5 cm³/mol. The average Bonchev–Trinajstić information content (AvgIpc) is 2.86. The van der Waals surface area contributed by atoms with Crippen LogP contribution >= 0.6 is 0 Å². The molecule has 2 aromatic rings. The third-order valence-electron chi connectivity index (χ3n) is 3.41. The van der Waals surface area contributed by atoms with Crippen molar-refractivity contribution in [3.05, 3.63) is 53.2 Å². The van der Waals surface area contributed by atoms with Crippen LogP contribution in [-0.2, 0) is 6.42 Å². The maximum Gasteiger partial charge on any atom is 0.168 e. The lowest BCUT2D eigenvalue weighted by Crippen LogP contribution is -2.23. The van der Waals surface area contributed by atoms with Crippen molar-refractivity contribution in [2.75, 3.05) is 13.7 Å². The summed E-state index contributed by atoms with van der Waals surface area (Å²) in [5, 5.41) is 3.37. The quantitative estimate of drug-likeness (QED) is 0.875. The Morgan fingerprint density at radius 1 is 1.35 bits per heavy atom. The molecule has 0 saturated carbocycles. The van der Waals surface area contributed by atoms with Crippen molar-refractivity contribution in [3.8, 4) is 5.75 Å². The van der Waals surface area contributed by atoms with Crippen LogP contribution in [-0.4, -0.2) is 13.7 Å². The molecule has 1 atom stereocenters. The van der Waals surface area contributed by atoms with Crippen LogP contribution in [0.25, 0.3) is 0 Å². The zero-order valence-electron chi connectivity index (χ0n) is 12.1. The summed E-state index contributed by atoms with van der Waals surface area (Å²) in [6.07, 6.45) is 2.22. The molecule has 2 rings (SSSR count). The van der Waals surface area contributed by atoms with Crippen LogP contribution < -0.4 is 10.1 Å². The van der Waals surface area contributed by atoms with E-state index in [1.165, 1.54) is 7.11 Å². The van der Waals surface area contributed by atoms with Crippen LogP contribution in [0.5, 0.6) is 5.75 Å². The molecule has 0 saturated heterocycles. The molecule has 20 heavy (non-hydrogen) atoms. The summed E-state index contributed by atoms with van der Waals surface area (Å²) >= 11 is 0. The van der Waals surface area contributed by atoms with Gasteiger partial charge in [-0.25, -0.2) is 4.39 Å². The van der Waals surface area contributed by atoms with Gasteiger partial charge in [-0.15, -0.1) is 0 Å². The van der Waals surface area contributed by atoms with E-state index in [-0.39, 0.29) is 17.6 Å².